The predicted octanol–water partition coefficient (Wildman–Crippen LogP) is 1.22. The van der Waals surface area contributed by atoms with Crippen LogP contribution in [0.25, 0.3) is 23.3 Å². The maximum Gasteiger partial charge on any atom is 0.323 e. The number of carbonyl (C=O) groups is 2. The molecule has 1 aliphatic rings. The molecule has 0 spiro atoms. The first-order valence-corrected chi connectivity index (χ1v) is 8.93. The fourth-order valence-corrected chi connectivity index (χ4v) is 4.10. The van der Waals surface area contributed by atoms with Crippen LogP contribution in [0.3, 0.4) is 0 Å². The van der Waals surface area contributed by atoms with Crippen molar-refractivity contribution in [3.8, 4) is 11.1 Å². The van der Waals surface area contributed by atoms with Crippen LogP contribution in [0.2, 0.25) is 0 Å². The summed E-state index contributed by atoms with van der Waals surface area (Å²) in [6.07, 6.45) is 0. The lowest BCUT2D eigenvalue weighted by Crippen LogP contribution is -2.35. The summed E-state index contributed by atoms with van der Waals surface area (Å²) in [5.74, 6) is -1.52. The molecule has 0 saturated heterocycles. The summed E-state index contributed by atoms with van der Waals surface area (Å²) >= 11 is 1.03. The molecule has 2 aromatic carbocycles. The summed E-state index contributed by atoms with van der Waals surface area (Å²) in [5.41, 5.74) is 2.90. The van der Waals surface area contributed by atoms with E-state index in [1.807, 2.05) is 42.5 Å². The van der Waals surface area contributed by atoms with Crippen LogP contribution in [0.1, 0.15) is 5.56 Å². The van der Waals surface area contributed by atoms with E-state index >= 15 is 0 Å². The highest BCUT2D eigenvalue weighted by Crippen LogP contribution is 2.33. The number of nitrogens with one attached hydrogen (secondary N) is 1. The molecule has 0 aliphatic carbocycles. The van der Waals surface area contributed by atoms with E-state index in [9.17, 15) is 14.4 Å². The van der Waals surface area contributed by atoms with Crippen molar-refractivity contribution in [2.24, 2.45) is 0 Å². The van der Waals surface area contributed by atoms with Gasteiger partial charge in [0.25, 0.3) is 11.5 Å². The largest absolute Gasteiger partial charge is 0.480 e. The van der Waals surface area contributed by atoms with Crippen molar-refractivity contribution < 1.29 is 14.7 Å². The zero-order chi connectivity index (χ0) is 19.1. The van der Waals surface area contributed by atoms with Gasteiger partial charge in [-0.25, -0.2) is 0 Å². The Bertz CT molecular complexity index is 1260. The Morgan fingerprint density at radius 2 is 1.85 bits per heavy atom. The van der Waals surface area contributed by atoms with Gasteiger partial charge in [0.1, 0.15) is 11.1 Å². The summed E-state index contributed by atoms with van der Waals surface area (Å²) in [5, 5.41) is 11.8. The summed E-state index contributed by atoms with van der Waals surface area (Å²) in [4.78, 5) is 36.2. The Labute approximate surface area is 157 Å². The molecule has 0 unspecified atom stereocenters. The van der Waals surface area contributed by atoms with Gasteiger partial charge in [-0.05, 0) is 23.3 Å². The fraction of sp³-hybridized carbons (Fsp3) is 0.0500. The highest BCUT2D eigenvalue weighted by atomic mass is 32.1. The molecule has 3 aromatic rings. The molecule has 134 valence electrons. The Morgan fingerprint density at radius 3 is 2.56 bits per heavy atom. The van der Waals surface area contributed by atoms with E-state index < -0.39 is 18.1 Å². The first kappa shape index (κ1) is 17.0. The van der Waals surface area contributed by atoms with E-state index in [0.29, 0.717) is 15.9 Å². The van der Waals surface area contributed by atoms with Crippen molar-refractivity contribution in [2.45, 2.75) is 6.54 Å². The van der Waals surface area contributed by atoms with Crippen molar-refractivity contribution in [3.05, 3.63) is 73.6 Å². The molecule has 0 saturated carbocycles. The number of benzene rings is 2. The first-order valence-electron chi connectivity index (χ1n) is 8.11. The van der Waals surface area contributed by atoms with Crippen LogP contribution in [-0.4, -0.2) is 21.6 Å². The number of carboxylic acid groups (broad SMARTS) is 1. The van der Waals surface area contributed by atoms with Crippen LogP contribution in [0.4, 0.5) is 5.69 Å². The summed E-state index contributed by atoms with van der Waals surface area (Å²) in [6, 6.07) is 15.3. The van der Waals surface area contributed by atoms with Gasteiger partial charge in [0, 0.05) is 11.3 Å². The van der Waals surface area contributed by atoms with Crippen LogP contribution in [0.15, 0.2) is 53.3 Å². The lowest BCUT2D eigenvalue weighted by Gasteiger charge is -2.04. The zero-order valence-electron chi connectivity index (χ0n) is 14.1. The van der Waals surface area contributed by atoms with Gasteiger partial charge < -0.3 is 10.4 Å². The second-order valence-corrected chi connectivity index (χ2v) is 7.15. The van der Waals surface area contributed by atoms with Crippen LogP contribution in [-0.2, 0) is 16.1 Å². The number of nitrogens with zero attached hydrogens (tertiary/aromatic N) is 1. The molecular formula is C20H14N2O4S. The SMILES string of the molecule is C=c1s/c(=C2\C(=O)Nc3ccc(-c4ccccc4)cc32)c(=O)n1CC(=O)O. The van der Waals surface area contributed by atoms with E-state index in [-0.39, 0.29) is 16.0 Å². The molecule has 1 aliphatic heterocycles. The van der Waals surface area contributed by atoms with Crippen molar-refractivity contribution in [3.63, 3.8) is 0 Å². The van der Waals surface area contributed by atoms with E-state index in [1.165, 1.54) is 0 Å². The molecule has 2 N–H and O–H groups in total. The molecule has 6 nitrogen and oxygen atoms in total. The maximum atomic E-state index is 12.7. The Balaban J connectivity index is 1.97. The van der Waals surface area contributed by atoms with E-state index in [2.05, 4.69) is 11.9 Å². The van der Waals surface area contributed by atoms with Crippen molar-refractivity contribution in [1.29, 1.82) is 0 Å². The van der Waals surface area contributed by atoms with E-state index in [4.69, 9.17) is 5.11 Å². The number of rotatable bonds is 3. The van der Waals surface area contributed by atoms with Crippen LogP contribution in [0.5, 0.6) is 0 Å². The van der Waals surface area contributed by atoms with Gasteiger partial charge in [0.2, 0.25) is 0 Å². The average molecular weight is 378 g/mol. The Kier molecular flexibility index (Phi) is 4.01. The van der Waals surface area contributed by atoms with E-state index in [1.54, 1.807) is 6.07 Å². The Morgan fingerprint density at radius 1 is 1.11 bits per heavy atom. The van der Waals surface area contributed by atoms with Gasteiger partial charge in [0.15, 0.2) is 0 Å². The average Bonchev–Trinajstić information content (AvgIpc) is 3.11. The number of hydrogen-bond donors (Lipinski definition) is 2. The molecule has 1 aromatic heterocycles. The van der Waals surface area contributed by atoms with Gasteiger partial charge in [0.05, 0.1) is 10.2 Å². The highest BCUT2D eigenvalue weighted by molar-refractivity contribution is 7.07. The number of fused-ring (bicyclic) bond motifs is 1. The quantitative estimate of drug-likeness (QED) is 0.717. The van der Waals surface area contributed by atoms with E-state index in [0.717, 1.165) is 27.0 Å². The van der Waals surface area contributed by atoms with Crippen molar-refractivity contribution in [2.75, 3.05) is 5.32 Å². The maximum absolute atomic E-state index is 12.7. The predicted molar refractivity (Wildman–Crippen MR) is 104 cm³/mol. The number of aliphatic carboxylic acids is 1. The standard InChI is InChI=1S/C20H14N2O4S/c1-11-22(10-16(23)24)20(26)18(27-11)17-14-9-13(12-5-3-2-4-6-12)7-8-15(14)21-19(17)25/h2-9H,1,10H2,(H,21,25)(H,23,24)/b18-17-. The molecule has 0 atom stereocenters. The zero-order valence-corrected chi connectivity index (χ0v) is 14.9. The molecule has 0 radical (unpaired) electrons. The third-order valence-corrected chi connectivity index (χ3v) is 5.39. The highest BCUT2D eigenvalue weighted by Gasteiger charge is 2.27. The minimum atomic E-state index is -1.14. The van der Waals surface area contributed by atoms with Crippen LogP contribution < -0.4 is 20.1 Å². The lowest BCUT2D eigenvalue weighted by molar-refractivity contribution is -0.137. The minimum absolute atomic E-state index is 0.197. The number of aromatic nitrogens is 1. The van der Waals surface area contributed by atoms with Crippen LogP contribution in [0, 0.1) is 0 Å². The normalized spacial score (nSPS) is 14.7. The third-order valence-electron chi connectivity index (χ3n) is 4.35. The number of hydrogen-bond acceptors (Lipinski definition) is 4. The number of amides is 1. The summed E-state index contributed by atoms with van der Waals surface area (Å²) in [6.45, 7) is 3.26. The van der Waals surface area contributed by atoms with Gasteiger partial charge in [-0.1, -0.05) is 43.0 Å². The molecule has 4 rings (SSSR count). The fourth-order valence-electron chi connectivity index (χ4n) is 3.11. The van der Waals surface area contributed by atoms with Gasteiger partial charge in [-0.15, -0.1) is 11.3 Å². The second-order valence-electron chi connectivity index (χ2n) is 6.07. The molecule has 1 amide bonds. The van der Waals surface area contributed by atoms with Crippen LogP contribution >= 0.6 is 11.3 Å². The lowest BCUT2D eigenvalue weighted by atomic mass is 10.00. The minimum Gasteiger partial charge on any atom is -0.480 e. The summed E-state index contributed by atoms with van der Waals surface area (Å²) < 4.78 is 1.56. The van der Waals surface area contributed by atoms with Gasteiger partial charge >= 0.3 is 5.97 Å². The number of thiazole rings is 1. The summed E-state index contributed by atoms with van der Waals surface area (Å²) in [7, 11) is 0. The smallest absolute Gasteiger partial charge is 0.323 e. The number of carboxylic acids is 1. The topological polar surface area (TPSA) is 88.4 Å². The number of anilines is 1. The van der Waals surface area contributed by atoms with Crippen molar-refractivity contribution >= 4 is 41.1 Å². The molecule has 27 heavy (non-hydrogen) atoms. The van der Waals surface area contributed by atoms with Gasteiger partial charge in [-0.2, -0.15) is 0 Å². The molecule has 0 fully saturated rings. The third kappa shape index (κ3) is 2.88. The van der Waals surface area contributed by atoms with Gasteiger partial charge in [-0.3, -0.25) is 19.0 Å². The molecule has 2 heterocycles. The molecular weight excluding hydrogens is 364 g/mol. The molecule has 7 heteroatoms. The first-order chi connectivity index (χ1) is 13.0. The monoisotopic (exact) mass is 378 g/mol. The second kappa shape index (κ2) is 6.37. The Hall–Kier alpha value is -3.45. The number of carbonyl (C=O) groups excluding carboxylic acids is 1. The molecule has 0 bridgehead atoms. The van der Waals surface area contributed by atoms with Crippen molar-refractivity contribution in [1.82, 2.24) is 4.57 Å².